The van der Waals surface area contributed by atoms with E-state index in [-0.39, 0.29) is 0 Å². The number of hydrogen-bond acceptors (Lipinski definition) is 4. The molecule has 0 bridgehead atoms. The summed E-state index contributed by atoms with van der Waals surface area (Å²) < 4.78 is 13.4. The number of hydrogen-bond donors (Lipinski definition) is 0. The second kappa shape index (κ2) is 9.91. The van der Waals surface area contributed by atoms with Gasteiger partial charge in [-0.15, -0.1) is 0 Å². The molecule has 2 aromatic heterocycles. The zero-order chi connectivity index (χ0) is 30.6. The Kier molecular flexibility index (Phi) is 5.98. The van der Waals surface area contributed by atoms with E-state index in [9.17, 15) is 0 Å². The van der Waals surface area contributed by atoms with Crippen molar-refractivity contribution in [2.45, 2.75) is 47.5 Å². The number of nitrogens with zero attached hydrogens (tertiary/aromatic N) is 2. The Hall–Kier alpha value is -4.18. The summed E-state index contributed by atoms with van der Waals surface area (Å²) in [6.45, 7) is 16.2. The van der Waals surface area contributed by atoms with Crippen LogP contribution in [0.3, 0.4) is 0 Å². The van der Waals surface area contributed by atoms with Crippen LogP contribution in [0.25, 0.3) is 65.4 Å². The molecule has 4 heteroatoms. The highest BCUT2D eigenvalue weighted by atomic mass is 16.4. The first-order chi connectivity index (χ1) is 21.8. The number of benzene rings is 5. The fraction of sp³-hybridized carbons (Fsp3) is 0.366. The van der Waals surface area contributed by atoms with E-state index in [1.807, 2.05) is 0 Å². The summed E-state index contributed by atoms with van der Waals surface area (Å²) >= 11 is 0. The van der Waals surface area contributed by atoms with Crippen LogP contribution in [0.5, 0.6) is 0 Å². The molecule has 2 fully saturated rings. The zero-order valence-electron chi connectivity index (χ0n) is 27.1. The summed E-state index contributed by atoms with van der Waals surface area (Å²) in [6, 6.07) is 25.2. The van der Waals surface area contributed by atoms with Crippen LogP contribution in [0, 0.1) is 30.6 Å². The van der Waals surface area contributed by atoms with Gasteiger partial charge in [0.05, 0.1) is 0 Å². The summed E-state index contributed by atoms with van der Waals surface area (Å²) in [7, 11) is 0. The minimum Gasteiger partial charge on any atom is -0.452 e. The number of rotatable bonds is 2. The molecule has 0 saturated carbocycles. The van der Waals surface area contributed by atoms with Crippen LogP contribution in [0.1, 0.15) is 46.1 Å². The van der Waals surface area contributed by atoms with Gasteiger partial charge in [0.15, 0.2) is 11.2 Å². The number of aryl methyl sites for hydroxylation is 1. The lowest BCUT2D eigenvalue weighted by Gasteiger charge is -2.36. The highest BCUT2D eigenvalue weighted by Crippen LogP contribution is 2.43. The third kappa shape index (κ3) is 4.40. The molecule has 45 heavy (non-hydrogen) atoms. The summed E-state index contributed by atoms with van der Waals surface area (Å²) in [5.41, 5.74) is 7.38. The second-order valence-corrected chi connectivity index (χ2v) is 14.9. The average Bonchev–Trinajstić information content (AvgIpc) is 3.55. The Morgan fingerprint density at radius 3 is 1.56 bits per heavy atom. The van der Waals surface area contributed by atoms with Crippen LogP contribution in [0.2, 0.25) is 0 Å². The molecule has 4 heterocycles. The Labute approximate surface area is 264 Å². The summed E-state index contributed by atoms with van der Waals surface area (Å²) in [4.78, 5) is 5.12. The topological polar surface area (TPSA) is 32.8 Å². The molecular weight excluding hydrogens is 552 g/mol. The van der Waals surface area contributed by atoms with Gasteiger partial charge in [-0.3, -0.25) is 0 Å². The van der Waals surface area contributed by atoms with Gasteiger partial charge in [0, 0.05) is 59.1 Å². The lowest BCUT2D eigenvalue weighted by atomic mass is 9.91. The smallest absolute Gasteiger partial charge is 0.178 e. The van der Waals surface area contributed by atoms with E-state index in [0.29, 0.717) is 0 Å². The molecule has 2 saturated heterocycles. The first-order valence-electron chi connectivity index (χ1n) is 17.0. The number of fused-ring (bicyclic) bond motifs is 9. The Morgan fingerprint density at radius 2 is 1.00 bits per heavy atom. The van der Waals surface area contributed by atoms with E-state index in [4.69, 9.17) is 8.83 Å². The standard InChI is InChI=1S/C41H42N2O2/c1-23-10-24(2)20-42(19-23)32-8-6-28-15-34-35-12-27(5)39-36-16-29-7-9-33(43-21-25(3)11-26(4)22-43)14-31(29)18-38(36)45-41(39)40(35)44-37(34)17-30(28)13-32/h6-9,12-18,23-26H,10-11,19-22H2,1-5H3. The molecule has 4 unspecified atom stereocenters. The van der Waals surface area contributed by atoms with Gasteiger partial charge in [-0.25, -0.2) is 0 Å². The molecule has 5 aromatic carbocycles. The lowest BCUT2D eigenvalue weighted by molar-refractivity contribution is 0.357. The molecule has 7 aromatic rings. The number of anilines is 2. The third-order valence-electron chi connectivity index (χ3n) is 10.7. The van der Waals surface area contributed by atoms with Crippen molar-refractivity contribution < 1.29 is 8.83 Å². The van der Waals surface area contributed by atoms with Crippen molar-refractivity contribution >= 4 is 76.8 Å². The molecule has 0 amide bonds. The first-order valence-corrected chi connectivity index (χ1v) is 17.0. The van der Waals surface area contributed by atoms with Crippen molar-refractivity contribution in [2.24, 2.45) is 23.7 Å². The van der Waals surface area contributed by atoms with Gasteiger partial charge in [0.2, 0.25) is 0 Å². The van der Waals surface area contributed by atoms with E-state index >= 15 is 0 Å². The normalized spacial score (nSPS) is 23.0. The maximum atomic E-state index is 6.71. The lowest BCUT2D eigenvalue weighted by Crippen LogP contribution is -2.38. The second-order valence-electron chi connectivity index (χ2n) is 14.9. The molecule has 2 aliphatic heterocycles. The van der Waals surface area contributed by atoms with Crippen molar-refractivity contribution in [1.82, 2.24) is 0 Å². The van der Waals surface area contributed by atoms with E-state index in [0.717, 1.165) is 93.7 Å². The Morgan fingerprint density at radius 1 is 0.511 bits per heavy atom. The molecule has 9 rings (SSSR count). The molecule has 0 spiro atoms. The Bertz CT molecular complexity index is 2270. The minimum atomic E-state index is 0.721. The van der Waals surface area contributed by atoms with Crippen LogP contribution in [-0.2, 0) is 0 Å². The van der Waals surface area contributed by atoms with Crippen molar-refractivity contribution in [2.75, 3.05) is 36.0 Å². The van der Waals surface area contributed by atoms with Gasteiger partial charge < -0.3 is 18.6 Å². The van der Waals surface area contributed by atoms with Gasteiger partial charge >= 0.3 is 0 Å². The molecule has 0 aliphatic carbocycles. The highest BCUT2D eigenvalue weighted by molar-refractivity contribution is 6.22. The maximum absolute atomic E-state index is 6.71. The van der Waals surface area contributed by atoms with Crippen LogP contribution >= 0.6 is 0 Å². The number of piperidine rings is 2. The van der Waals surface area contributed by atoms with E-state index in [2.05, 4.69) is 111 Å². The summed E-state index contributed by atoms with van der Waals surface area (Å²) in [5.74, 6) is 2.88. The SMILES string of the molecule is Cc1cc2c3cc4ccc(N5CC(C)CC(C)C5)cc4cc3oc2c2oc3cc4cc(N5CC(C)CC(C)C5)ccc4cc3c12. The third-order valence-corrected chi connectivity index (χ3v) is 10.7. The van der Waals surface area contributed by atoms with Gasteiger partial charge in [0.25, 0.3) is 0 Å². The van der Waals surface area contributed by atoms with E-state index in [1.54, 1.807) is 0 Å². The summed E-state index contributed by atoms with van der Waals surface area (Å²) in [5, 5.41) is 9.52. The van der Waals surface area contributed by atoms with E-state index < -0.39 is 0 Å². The van der Waals surface area contributed by atoms with Crippen LogP contribution < -0.4 is 9.80 Å². The molecule has 228 valence electrons. The summed E-state index contributed by atoms with van der Waals surface area (Å²) in [6.07, 6.45) is 2.63. The molecule has 2 aliphatic rings. The molecule has 0 radical (unpaired) electrons. The zero-order valence-corrected chi connectivity index (χ0v) is 27.1. The van der Waals surface area contributed by atoms with Gasteiger partial charge in [-0.1, -0.05) is 39.8 Å². The predicted octanol–water partition coefficient (Wildman–Crippen LogP) is 11.1. The number of furan rings is 2. The highest BCUT2D eigenvalue weighted by Gasteiger charge is 2.24. The van der Waals surface area contributed by atoms with Crippen molar-refractivity contribution in [3.8, 4) is 0 Å². The van der Waals surface area contributed by atoms with Crippen LogP contribution in [0.15, 0.2) is 75.6 Å². The van der Waals surface area contributed by atoms with Gasteiger partial charge in [-0.2, -0.15) is 0 Å². The molecule has 0 N–H and O–H groups in total. The van der Waals surface area contributed by atoms with Gasteiger partial charge in [-0.05, 0) is 125 Å². The van der Waals surface area contributed by atoms with Crippen molar-refractivity contribution in [3.05, 3.63) is 72.3 Å². The maximum Gasteiger partial charge on any atom is 0.178 e. The average molecular weight is 595 g/mol. The van der Waals surface area contributed by atoms with Crippen molar-refractivity contribution in [3.63, 3.8) is 0 Å². The fourth-order valence-corrected chi connectivity index (χ4v) is 8.97. The van der Waals surface area contributed by atoms with E-state index in [1.165, 1.54) is 51.3 Å². The van der Waals surface area contributed by atoms with Gasteiger partial charge in [0.1, 0.15) is 11.2 Å². The predicted molar refractivity (Wildman–Crippen MR) is 191 cm³/mol. The largest absolute Gasteiger partial charge is 0.452 e. The van der Waals surface area contributed by atoms with Crippen molar-refractivity contribution in [1.29, 1.82) is 0 Å². The van der Waals surface area contributed by atoms with Crippen LogP contribution in [-0.4, -0.2) is 26.2 Å². The Balaban J connectivity index is 1.17. The monoisotopic (exact) mass is 594 g/mol. The molecule has 4 atom stereocenters. The first kappa shape index (κ1) is 27.2. The fourth-order valence-electron chi connectivity index (χ4n) is 8.97. The minimum absolute atomic E-state index is 0.721. The molecular formula is C41H42N2O2. The molecule has 4 nitrogen and oxygen atoms in total. The van der Waals surface area contributed by atoms with Crippen LogP contribution in [0.4, 0.5) is 11.4 Å². The quantitative estimate of drug-likeness (QED) is 0.199.